The monoisotopic (exact) mass is 291 g/mol. The largest absolute Gasteiger partial charge is 0.481 e. The molecule has 0 saturated carbocycles. The van der Waals surface area contributed by atoms with Crippen molar-refractivity contribution in [1.82, 2.24) is 4.90 Å². The molecule has 0 aromatic heterocycles. The van der Waals surface area contributed by atoms with Crippen LogP contribution in [0, 0.1) is 0 Å². The molecule has 0 amide bonds. The van der Waals surface area contributed by atoms with E-state index in [2.05, 4.69) is 39.6 Å². The molecule has 1 heterocycles. The maximum Gasteiger partial charge on any atom is 0.300 e. The number of aliphatic carboxylic acids is 2. The Morgan fingerprint density at radius 1 is 0.950 bits per heavy atom. The third kappa shape index (κ3) is 9.75. The molecule has 0 atom stereocenters. The molecular formula is C14H29NO5. The Morgan fingerprint density at radius 3 is 1.35 bits per heavy atom. The molecule has 0 bridgehead atoms. The van der Waals surface area contributed by atoms with Gasteiger partial charge in [0.1, 0.15) is 0 Å². The SMILES string of the molecule is CC(=O)O.CC(=O)O.CN1C(C)(C)CC(O)CC1(C)C. The van der Waals surface area contributed by atoms with Crippen LogP contribution in [0.5, 0.6) is 0 Å². The first kappa shape index (κ1) is 21.2. The first-order valence-electron chi connectivity index (χ1n) is 6.53. The summed E-state index contributed by atoms with van der Waals surface area (Å²) in [5, 5.41) is 24.5. The number of hydrogen-bond acceptors (Lipinski definition) is 4. The summed E-state index contributed by atoms with van der Waals surface area (Å²) < 4.78 is 0. The van der Waals surface area contributed by atoms with Gasteiger partial charge in [-0.3, -0.25) is 14.5 Å². The summed E-state index contributed by atoms with van der Waals surface area (Å²) in [6.45, 7) is 10.9. The average molecular weight is 291 g/mol. The summed E-state index contributed by atoms with van der Waals surface area (Å²) in [5.41, 5.74) is 0.252. The highest BCUT2D eigenvalue weighted by Crippen LogP contribution is 2.36. The predicted molar refractivity (Wildman–Crippen MR) is 77.8 cm³/mol. The van der Waals surface area contributed by atoms with Crippen LogP contribution >= 0.6 is 0 Å². The van der Waals surface area contributed by atoms with Gasteiger partial charge in [0, 0.05) is 24.9 Å². The number of rotatable bonds is 0. The minimum absolute atomic E-state index is 0.126. The first-order valence-corrected chi connectivity index (χ1v) is 6.53. The normalized spacial score (nSPS) is 20.8. The molecule has 0 aromatic rings. The van der Waals surface area contributed by atoms with Crippen LogP contribution in [-0.2, 0) is 9.59 Å². The van der Waals surface area contributed by atoms with Gasteiger partial charge in [-0.1, -0.05) is 0 Å². The van der Waals surface area contributed by atoms with Gasteiger partial charge in [-0.2, -0.15) is 0 Å². The van der Waals surface area contributed by atoms with E-state index in [-0.39, 0.29) is 17.2 Å². The Labute approximate surface area is 121 Å². The molecule has 0 aromatic carbocycles. The van der Waals surface area contributed by atoms with Gasteiger partial charge in [0.15, 0.2) is 0 Å². The van der Waals surface area contributed by atoms with Crippen molar-refractivity contribution in [1.29, 1.82) is 0 Å². The van der Waals surface area contributed by atoms with E-state index in [4.69, 9.17) is 19.8 Å². The topological polar surface area (TPSA) is 98.1 Å². The van der Waals surface area contributed by atoms with E-state index in [0.717, 1.165) is 26.7 Å². The second-order valence-corrected chi connectivity index (χ2v) is 6.28. The van der Waals surface area contributed by atoms with Crippen LogP contribution in [-0.4, -0.2) is 56.4 Å². The van der Waals surface area contributed by atoms with Crippen LogP contribution in [0.3, 0.4) is 0 Å². The lowest BCUT2D eigenvalue weighted by Gasteiger charge is -2.52. The molecule has 3 N–H and O–H groups in total. The molecule has 1 fully saturated rings. The van der Waals surface area contributed by atoms with Gasteiger partial charge in [0.2, 0.25) is 0 Å². The van der Waals surface area contributed by atoms with Gasteiger partial charge in [-0.05, 0) is 47.6 Å². The number of likely N-dealkylation sites (tertiary alicyclic amines) is 1. The fourth-order valence-corrected chi connectivity index (χ4v) is 2.32. The number of nitrogens with zero attached hydrogens (tertiary/aromatic N) is 1. The number of carbonyl (C=O) groups is 2. The van der Waals surface area contributed by atoms with Crippen LogP contribution in [0.1, 0.15) is 54.4 Å². The number of carboxylic acid groups (broad SMARTS) is 2. The number of hydrogen-bond donors (Lipinski definition) is 3. The quantitative estimate of drug-likeness (QED) is 0.629. The van der Waals surface area contributed by atoms with E-state index in [9.17, 15) is 5.11 Å². The van der Waals surface area contributed by atoms with Gasteiger partial charge in [-0.15, -0.1) is 0 Å². The Kier molecular flexibility index (Phi) is 8.69. The smallest absolute Gasteiger partial charge is 0.300 e. The van der Waals surface area contributed by atoms with E-state index < -0.39 is 11.9 Å². The summed E-state index contributed by atoms with van der Waals surface area (Å²) in [5.74, 6) is -1.67. The third-order valence-corrected chi connectivity index (χ3v) is 3.29. The zero-order valence-electron chi connectivity index (χ0n) is 13.6. The van der Waals surface area contributed by atoms with Crippen molar-refractivity contribution < 1.29 is 24.9 Å². The molecule has 1 aliphatic heterocycles. The van der Waals surface area contributed by atoms with Crippen LogP contribution < -0.4 is 0 Å². The molecule has 20 heavy (non-hydrogen) atoms. The second kappa shape index (κ2) is 8.21. The van der Waals surface area contributed by atoms with E-state index >= 15 is 0 Å². The molecular weight excluding hydrogens is 262 g/mol. The Hall–Kier alpha value is -1.14. The summed E-state index contributed by atoms with van der Waals surface area (Å²) in [6.07, 6.45) is 1.63. The number of piperidine rings is 1. The molecule has 6 nitrogen and oxygen atoms in total. The van der Waals surface area contributed by atoms with Crippen molar-refractivity contribution in [2.75, 3.05) is 7.05 Å². The molecule has 1 saturated heterocycles. The first-order chi connectivity index (χ1) is 8.72. The van der Waals surface area contributed by atoms with Crippen molar-refractivity contribution in [3.8, 4) is 0 Å². The van der Waals surface area contributed by atoms with Gasteiger partial charge in [0.05, 0.1) is 6.10 Å². The van der Waals surface area contributed by atoms with E-state index in [1.807, 2.05) is 0 Å². The highest BCUT2D eigenvalue weighted by Gasteiger charge is 2.42. The molecule has 0 unspecified atom stereocenters. The van der Waals surface area contributed by atoms with Crippen LogP contribution in [0.4, 0.5) is 0 Å². The predicted octanol–water partition coefficient (Wildman–Crippen LogP) is 1.81. The maximum atomic E-state index is 9.67. The van der Waals surface area contributed by atoms with Gasteiger partial charge >= 0.3 is 0 Å². The fourth-order valence-electron chi connectivity index (χ4n) is 2.32. The maximum absolute atomic E-state index is 9.67. The third-order valence-electron chi connectivity index (χ3n) is 3.29. The summed E-state index contributed by atoms with van der Waals surface area (Å²) >= 11 is 0. The second-order valence-electron chi connectivity index (χ2n) is 6.28. The lowest BCUT2D eigenvalue weighted by molar-refractivity contribution is -0.135. The molecule has 120 valence electrons. The van der Waals surface area contributed by atoms with Gasteiger partial charge in [0.25, 0.3) is 11.9 Å². The summed E-state index contributed by atoms with van der Waals surface area (Å²) in [4.78, 5) is 20.4. The van der Waals surface area contributed by atoms with Crippen LogP contribution in [0.25, 0.3) is 0 Å². The molecule has 0 radical (unpaired) electrons. The van der Waals surface area contributed by atoms with Crippen molar-refractivity contribution in [2.24, 2.45) is 0 Å². The minimum atomic E-state index is -0.833. The van der Waals surface area contributed by atoms with Crippen molar-refractivity contribution >= 4 is 11.9 Å². The molecule has 6 heteroatoms. The molecule has 0 spiro atoms. The number of carboxylic acids is 2. The summed E-state index contributed by atoms with van der Waals surface area (Å²) in [6, 6.07) is 0. The highest BCUT2D eigenvalue weighted by molar-refractivity contribution is 5.63. The fraction of sp³-hybridized carbons (Fsp3) is 0.857. The Morgan fingerprint density at radius 2 is 1.15 bits per heavy atom. The van der Waals surface area contributed by atoms with Crippen molar-refractivity contribution in [2.45, 2.75) is 71.6 Å². The summed E-state index contributed by atoms with van der Waals surface area (Å²) in [7, 11) is 2.14. The van der Waals surface area contributed by atoms with Crippen molar-refractivity contribution in [3.63, 3.8) is 0 Å². The molecule has 1 rings (SSSR count). The molecule has 1 aliphatic rings. The zero-order valence-corrected chi connectivity index (χ0v) is 13.6. The number of aliphatic hydroxyl groups is 1. The van der Waals surface area contributed by atoms with E-state index in [1.165, 1.54) is 0 Å². The van der Waals surface area contributed by atoms with Gasteiger partial charge < -0.3 is 15.3 Å². The van der Waals surface area contributed by atoms with Crippen molar-refractivity contribution in [3.05, 3.63) is 0 Å². The lowest BCUT2D eigenvalue weighted by atomic mass is 9.79. The highest BCUT2D eigenvalue weighted by atomic mass is 16.4. The van der Waals surface area contributed by atoms with Gasteiger partial charge in [-0.25, -0.2) is 0 Å². The Bertz CT molecular complexity index is 288. The lowest BCUT2D eigenvalue weighted by Crippen LogP contribution is -2.59. The molecule has 0 aliphatic carbocycles. The van der Waals surface area contributed by atoms with E-state index in [0.29, 0.717) is 0 Å². The number of aliphatic hydroxyl groups excluding tert-OH is 1. The van der Waals surface area contributed by atoms with Crippen LogP contribution in [0.2, 0.25) is 0 Å². The Balaban J connectivity index is 0. The van der Waals surface area contributed by atoms with Crippen LogP contribution in [0.15, 0.2) is 0 Å². The zero-order chi connectivity index (χ0) is 16.7. The minimum Gasteiger partial charge on any atom is -0.481 e. The standard InChI is InChI=1S/C10H21NO.2C2H4O2/c1-9(2)6-8(12)7-10(3,4)11(9)5;2*1-2(3)4/h8,12H,6-7H2,1-5H3;2*1H3,(H,3,4). The average Bonchev–Trinajstić information content (AvgIpc) is 2.10. The van der Waals surface area contributed by atoms with E-state index in [1.54, 1.807) is 0 Å².